The fourth-order valence-corrected chi connectivity index (χ4v) is 1.89. The molecule has 0 bridgehead atoms. The zero-order chi connectivity index (χ0) is 9.10. The van der Waals surface area contributed by atoms with Crippen molar-refractivity contribution in [2.45, 2.75) is 31.6 Å². The van der Waals surface area contributed by atoms with Crippen LogP contribution in [0.25, 0.3) is 0 Å². The average molecular weight is 175 g/mol. The van der Waals surface area contributed by atoms with Gasteiger partial charge in [-0.05, 0) is 25.0 Å². The first-order valence-corrected chi connectivity index (χ1v) is 4.79. The number of pyridine rings is 1. The highest BCUT2D eigenvalue weighted by molar-refractivity contribution is 5.79. The van der Waals surface area contributed by atoms with Crippen LogP contribution in [-0.4, -0.2) is 10.8 Å². The van der Waals surface area contributed by atoms with Gasteiger partial charge in [-0.15, -0.1) is 0 Å². The molecule has 0 aromatic carbocycles. The number of carbonyl (C=O) groups excluding carboxylic acids is 1. The molecule has 2 nitrogen and oxygen atoms in total. The number of hydrogen-bond acceptors (Lipinski definition) is 2. The zero-order valence-corrected chi connectivity index (χ0v) is 7.57. The number of nitrogens with zero attached hydrogens (tertiary/aromatic N) is 1. The summed E-state index contributed by atoms with van der Waals surface area (Å²) in [6, 6.07) is 5.92. The van der Waals surface area contributed by atoms with E-state index in [-0.39, 0.29) is 0 Å². The maximum absolute atomic E-state index is 11.2. The lowest BCUT2D eigenvalue weighted by Crippen LogP contribution is -2.14. The second-order valence-corrected chi connectivity index (χ2v) is 3.59. The number of rotatable bonds is 1. The van der Waals surface area contributed by atoms with Crippen molar-refractivity contribution in [2.24, 2.45) is 0 Å². The first-order chi connectivity index (χ1) is 6.36. The number of carbonyl (C=O) groups is 1. The summed E-state index contributed by atoms with van der Waals surface area (Å²) in [5.74, 6) is 0.768. The molecule has 0 aliphatic heterocycles. The summed E-state index contributed by atoms with van der Waals surface area (Å²) in [5, 5.41) is 0. The van der Waals surface area contributed by atoms with Gasteiger partial charge in [-0.2, -0.15) is 0 Å². The fraction of sp³-hybridized carbons (Fsp3) is 0.455. The Kier molecular flexibility index (Phi) is 2.39. The van der Waals surface area contributed by atoms with Crippen molar-refractivity contribution >= 4 is 5.78 Å². The molecule has 0 unspecified atom stereocenters. The minimum absolute atomic E-state index is 0.377. The van der Waals surface area contributed by atoms with Crippen molar-refractivity contribution in [1.29, 1.82) is 0 Å². The Morgan fingerprint density at radius 1 is 1.38 bits per heavy atom. The molecule has 0 amide bonds. The Morgan fingerprint density at radius 3 is 3.00 bits per heavy atom. The lowest BCUT2D eigenvalue weighted by molar-refractivity contribution is -0.120. The van der Waals surface area contributed by atoms with Gasteiger partial charge in [0.2, 0.25) is 0 Å². The van der Waals surface area contributed by atoms with E-state index >= 15 is 0 Å². The van der Waals surface area contributed by atoms with E-state index in [0.717, 1.165) is 25.0 Å². The van der Waals surface area contributed by atoms with E-state index < -0.39 is 0 Å². The predicted octanol–water partition coefficient (Wildman–Crippen LogP) is 2.31. The quantitative estimate of drug-likeness (QED) is 0.655. The van der Waals surface area contributed by atoms with Crippen LogP contribution < -0.4 is 0 Å². The third kappa shape index (κ3) is 1.94. The molecule has 1 fully saturated rings. The molecule has 0 radical (unpaired) electrons. The van der Waals surface area contributed by atoms with E-state index in [1.165, 1.54) is 0 Å². The second kappa shape index (κ2) is 3.69. The first-order valence-electron chi connectivity index (χ1n) is 4.79. The van der Waals surface area contributed by atoms with Gasteiger partial charge < -0.3 is 0 Å². The van der Waals surface area contributed by atoms with E-state index in [2.05, 4.69) is 4.98 Å². The van der Waals surface area contributed by atoms with Crippen LogP contribution in [0.15, 0.2) is 24.4 Å². The molecule has 1 aromatic rings. The highest BCUT2D eigenvalue weighted by atomic mass is 16.1. The number of aromatic nitrogens is 1. The number of Topliss-reactive ketones (excluding diaryl/α,β-unsaturated/α-hetero) is 1. The molecule has 1 atom stereocenters. The van der Waals surface area contributed by atoms with Crippen LogP contribution in [0.2, 0.25) is 0 Å². The van der Waals surface area contributed by atoms with Gasteiger partial charge in [0.05, 0.1) is 0 Å². The van der Waals surface area contributed by atoms with Gasteiger partial charge in [0.1, 0.15) is 5.78 Å². The lowest BCUT2D eigenvalue weighted by Gasteiger charge is -2.19. The molecule has 1 aliphatic rings. The van der Waals surface area contributed by atoms with Gasteiger partial charge in [0, 0.05) is 30.7 Å². The van der Waals surface area contributed by atoms with E-state index in [1.54, 1.807) is 6.20 Å². The van der Waals surface area contributed by atoms with Crippen molar-refractivity contribution in [3.63, 3.8) is 0 Å². The summed E-state index contributed by atoms with van der Waals surface area (Å²) in [6.45, 7) is 0. The monoisotopic (exact) mass is 175 g/mol. The molecular formula is C11H13NO. The summed E-state index contributed by atoms with van der Waals surface area (Å²) in [7, 11) is 0. The van der Waals surface area contributed by atoms with Crippen LogP contribution in [0.3, 0.4) is 0 Å². The van der Waals surface area contributed by atoms with E-state index in [4.69, 9.17) is 0 Å². The van der Waals surface area contributed by atoms with Crippen molar-refractivity contribution in [1.82, 2.24) is 4.98 Å². The Labute approximate surface area is 78.0 Å². The van der Waals surface area contributed by atoms with Crippen LogP contribution in [0, 0.1) is 0 Å². The number of ketones is 1. The van der Waals surface area contributed by atoms with Crippen LogP contribution in [-0.2, 0) is 4.79 Å². The summed E-state index contributed by atoms with van der Waals surface area (Å²) < 4.78 is 0. The molecule has 68 valence electrons. The van der Waals surface area contributed by atoms with E-state index in [0.29, 0.717) is 18.1 Å². The Balaban J connectivity index is 2.13. The first kappa shape index (κ1) is 8.42. The highest BCUT2D eigenvalue weighted by Crippen LogP contribution is 2.29. The largest absolute Gasteiger partial charge is 0.300 e. The minimum Gasteiger partial charge on any atom is -0.300 e. The normalized spacial score (nSPS) is 23.1. The van der Waals surface area contributed by atoms with Gasteiger partial charge in [0.15, 0.2) is 0 Å². The molecule has 2 rings (SSSR count). The summed E-state index contributed by atoms with van der Waals surface area (Å²) >= 11 is 0. The Bertz CT molecular complexity index is 294. The van der Waals surface area contributed by atoms with Gasteiger partial charge in [-0.1, -0.05) is 6.07 Å². The van der Waals surface area contributed by atoms with Crippen molar-refractivity contribution < 1.29 is 4.79 Å². The van der Waals surface area contributed by atoms with Crippen molar-refractivity contribution in [2.75, 3.05) is 0 Å². The third-order valence-electron chi connectivity index (χ3n) is 2.59. The highest BCUT2D eigenvalue weighted by Gasteiger charge is 2.21. The summed E-state index contributed by atoms with van der Waals surface area (Å²) in [4.78, 5) is 15.5. The maximum Gasteiger partial charge on any atom is 0.133 e. The van der Waals surface area contributed by atoms with Crippen LogP contribution in [0.1, 0.15) is 37.3 Å². The summed E-state index contributed by atoms with van der Waals surface area (Å²) in [5.41, 5.74) is 1.08. The average Bonchev–Trinajstić information content (AvgIpc) is 2.19. The van der Waals surface area contributed by atoms with E-state index in [1.807, 2.05) is 18.2 Å². The molecule has 0 spiro atoms. The zero-order valence-electron chi connectivity index (χ0n) is 7.57. The molecule has 13 heavy (non-hydrogen) atoms. The maximum atomic E-state index is 11.2. The van der Waals surface area contributed by atoms with Gasteiger partial charge in [-0.25, -0.2) is 0 Å². The van der Waals surface area contributed by atoms with Gasteiger partial charge >= 0.3 is 0 Å². The predicted molar refractivity (Wildman–Crippen MR) is 50.5 cm³/mol. The SMILES string of the molecule is O=C1CCC[C@@H](c2ccccn2)C1. The molecule has 1 aliphatic carbocycles. The molecule has 1 heterocycles. The lowest BCUT2D eigenvalue weighted by atomic mass is 9.86. The molecule has 1 saturated carbocycles. The Hall–Kier alpha value is -1.18. The van der Waals surface area contributed by atoms with Gasteiger partial charge in [-0.3, -0.25) is 9.78 Å². The van der Waals surface area contributed by atoms with Crippen molar-refractivity contribution in [3.05, 3.63) is 30.1 Å². The summed E-state index contributed by atoms with van der Waals surface area (Å²) in [6.07, 6.45) is 5.40. The molecule has 1 aromatic heterocycles. The molecule has 0 saturated heterocycles. The molecule has 2 heteroatoms. The van der Waals surface area contributed by atoms with Crippen LogP contribution in [0.4, 0.5) is 0 Å². The minimum atomic E-state index is 0.377. The van der Waals surface area contributed by atoms with Crippen LogP contribution >= 0.6 is 0 Å². The standard InChI is InChI=1S/C11H13NO/c13-10-5-3-4-9(8-10)11-6-1-2-7-12-11/h1-2,6-7,9H,3-5,8H2/t9-/m1/s1. The molecule has 0 N–H and O–H groups in total. The Morgan fingerprint density at radius 2 is 2.31 bits per heavy atom. The molecular weight excluding hydrogens is 162 g/mol. The smallest absolute Gasteiger partial charge is 0.133 e. The van der Waals surface area contributed by atoms with Gasteiger partial charge in [0.25, 0.3) is 0 Å². The third-order valence-corrected chi connectivity index (χ3v) is 2.59. The topological polar surface area (TPSA) is 30.0 Å². The fourth-order valence-electron chi connectivity index (χ4n) is 1.89. The van der Waals surface area contributed by atoms with Crippen molar-refractivity contribution in [3.8, 4) is 0 Å². The number of hydrogen-bond donors (Lipinski definition) is 0. The van der Waals surface area contributed by atoms with E-state index in [9.17, 15) is 4.79 Å². The van der Waals surface area contributed by atoms with Crippen LogP contribution in [0.5, 0.6) is 0 Å². The second-order valence-electron chi connectivity index (χ2n) is 3.59.